The van der Waals surface area contributed by atoms with Crippen molar-refractivity contribution < 1.29 is 9.53 Å². The Balaban J connectivity index is 1.95. The van der Waals surface area contributed by atoms with Gasteiger partial charge in [-0.2, -0.15) is 5.26 Å². The highest BCUT2D eigenvalue weighted by Crippen LogP contribution is 2.33. The Morgan fingerprint density at radius 2 is 2.20 bits per heavy atom. The van der Waals surface area contributed by atoms with Crippen LogP contribution in [0.15, 0.2) is 18.2 Å². The maximum atomic E-state index is 10.8. The SMILES string of the molecule is N#Cc1cc(C=O)ccc1N1CCOC2CCCCC21. The maximum absolute atomic E-state index is 10.8. The number of nitrogens with zero attached hydrogens (tertiary/aromatic N) is 2. The number of nitriles is 1. The Bertz CT molecular complexity index is 548. The molecule has 1 aromatic rings. The van der Waals surface area contributed by atoms with Gasteiger partial charge in [-0.1, -0.05) is 12.8 Å². The van der Waals surface area contributed by atoms with Crippen LogP contribution in [0.25, 0.3) is 0 Å². The molecule has 1 heterocycles. The van der Waals surface area contributed by atoms with Crippen LogP contribution in [0.2, 0.25) is 0 Å². The second-order valence-corrected chi connectivity index (χ2v) is 5.46. The zero-order valence-corrected chi connectivity index (χ0v) is 11.4. The number of carbonyl (C=O) groups excluding carboxylic acids is 1. The Kier molecular flexibility index (Phi) is 3.70. The number of benzene rings is 1. The van der Waals surface area contributed by atoms with Gasteiger partial charge in [-0.05, 0) is 31.0 Å². The third-order valence-corrected chi connectivity index (χ3v) is 4.32. The van der Waals surface area contributed by atoms with Gasteiger partial charge in [0, 0.05) is 12.1 Å². The van der Waals surface area contributed by atoms with E-state index in [4.69, 9.17) is 4.74 Å². The standard InChI is InChI=1S/C16H18N2O2/c17-10-13-9-12(11-19)5-6-14(13)18-7-8-20-16-4-2-1-3-15(16)18/h5-6,9,11,15-16H,1-4,7-8H2. The van der Waals surface area contributed by atoms with Crippen molar-refractivity contribution in [3.8, 4) is 6.07 Å². The number of rotatable bonds is 2. The van der Waals surface area contributed by atoms with Gasteiger partial charge in [0.15, 0.2) is 0 Å². The number of hydrogen-bond donors (Lipinski definition) is 0. The van der Waals surface area contributed by atoms with E-state index >= 15 is 0 Å². The lowest BCUT2D eigenvalue weighted by Gasteiger charge is -2.45. The minimum absolute atomic E-state index is 0.287. The number of anilines is 1. The lowest BCUT2D eigenvalue weighted by atomic mass is 9.89. The van der Waals surface area contributed by atoms with Gasteiger partial charge in [-0.3, -0.25) is 4.79 Å². The van der Waals surface area contributed by atoms with Gasteiger partial charge in [-0.25, -0.2) is 0 Å². The molecule has 2 aliphatic rings. The molecule has 0 bridgehead atoms. The van der Waals surface area contributed by atoms with Crippen LogP contribution in [-0.4, -0.2) is 31.6 Å². The number of carbonyl (C=O) groups is 1. The molecule has 104 valence electrons. The van der Waals surface area contributed by atoms with E-state index in [1.807, 2.05) is 6.07 Å². The van der Waals surface area contributed by atoms with Crippen molar-refractivity contribution in [3.05, 3.63) is 29.3 Å². The van der Waals surface area contributed by atoms with E-state index in [0.29, 0.717) is 23.8 Å². The fourth-order valence-corrected chi connectivity index (χ4v) is 3.36. The number of fused-ring (bicyclic) bond motifs is 1. The summed E-state index contributed by atoms with van der Waals surface area (Å²) in [4.78, 5) is 13.2. The summed E-state index contributed by atoms with van der Waals surface area (Å²) in [5, 5.41) is 9.34. The first kappa shape index (κ1) is 13.1. The van der Waals surface area contributed by atoms with Crippen LogP contribution in [-0.2, 0) is 4.74 Å². The quantitative estimate of drug-likeness (QED) is 0.775. The van der Waals surface area contributed by atoms with Crippen LogP contribution in [0.3, 0.4) is 0 Å². The molecule has 1 aliphatic heterocycles. The zero-order chi connectivity index (χ0) is 13.9. The van der Waals surface area contributed by atoms with E-state index in [2.05, 4.69) is 11.0 Å². The highest BCUT2D eigenvalue weighted by atomic mass is 16.5. The maximum Gasteiger partial charge on any atom is 0.150 e. The molecule has 0 N–H and O–H groups in total. The van der Waals surface area contributed by atoms with Crippen LogP contribution < -0.4 is 4.90 Å². The largest absolute Gasteiger partial charge is 0.374 e. The van der Waals surface area contributed by atoms with Gasteiger partial charge in [0.1, 0.15) is 12.4 Å². The Morgan fingerprint density at radius 1 is 1.35 bits per heavy atom. The van der Waals surface area contributed by atoms with Gasteiger partial charge < -0.3 is 9.64 Å². The van der Waals surface area contributed by atoms with Gasteiger partial charge in [-0.15, -0.1) is 0 Å². The van der Waals surface area contributed by atoms with Crippen molar-refractivity contribution in [2.45, 2.75) is 37.8 Å². The van der Waals surface area contributed by atoms with Crippen molar-refractivity contribution in [2.24, 2.45) is 0 Å². The first-order chi connectivity index (χ1) is 9.83. The van der Waals surface area contributed by atoms with Gasteiger partial charge in [0.25, 0.3) is 0 Å². The minimum atomic E-state index is 0.287. The Hall–Kier alpha value is -1.86. The minimum Gasteiger partial charge on any atom is -0.374 e. The lowest BCUT2D eigenvalue weighted by Crippen LogP contribution is -2.53. The average Bonchev–Trinajstić information content (AvgIpc) is 2.53. The first-order valence-electron chi connectivity index (χ1n) is 7.21. The molecule has 4 nitrogen and oxygen atoms in total. The van der Waals surface area contributed by atoms with E-state index in [1.54, 1.807) is 12.1 Å². The second-order valence-electron chi connectivity index (χ2n) is 5.46. The summed E-state index contributed by atoms with van der Waals surface area (Å²) in [5.74, 6) is 0. The molecule has 1 aromatic carbocycles. The Morgan fingerprint density at radius 3 is 3.00 bits per heavy atom. The molecule has 0 radical (unpaired) electrons. The smallest absolute Gasteiger partial charge is 0.150 e. The van der Waals surface area contributed by atoms with E-state index in [1.165, 1.54) is 12.8 Å². The summed E-state index contributed by atoms with van der Waals surface area (Å²) < 4.78 is 5.87. The van der Waals surface area contributed by atoms with E-state index in [0.717, 1.165) is 31.4 Å². The summed E-state index contributed by atoms with van der Waals surface area (Å²) in [6.45, 7) is 1.53. The average molecular weight is 270 g/mol. The predicted octanol–water partition coefficient (Wildman–Crippen LogP) is 2.52. The van der Waals surface area contributed by atoms with Crippen LogP contribution in [0.4, 0.5) is 5.69 Å². The highest BCUT2D eigenvalue weighted by molar-refractivity contribution is 5.78. The zero-order valence-electron chi connectivity index (χ0n) is 11.4. The van der Waals surface area contributed by atoms with Crippen molar-refractivity contribution >= 4 is 12.0 Å². The lowest BCUT2D eigenvalue weighted by molar-refractivity contribution is -0.00869. The molecule has 20 heavy (non-hydrogen) atoms. The summed E-state index contributed by atoms with van der Waals surface area (Å²) in [7, 11) is 0. The summed E-state index contributed by atoms with van der Waals surface area (Å²) in [6, 6.07) is 7.96. The van der Waals surface area contributed by atoms with Crippen LogP contribution in [0.5, 0.6) is 0 Å². The fourth-order valence-electron chi connectivity index (χ4n) is 3.36. The molecule has 0 spiro atoms. The summed E-state index contributed by atoms with van der Waals surface area (Å²) in [5.41, 5.74) is 2.08. The third kappa shape index (κ3) is 2.30. The number of hydrogen-bond acceptors (Lipinski definition) is 4. The molecule has 4 heteroatoms. The van der Waals surface area contributed by atoms with Crippen molar-refractivity contribution in [2.75, 3.05) is 18.1 Å². The molecule has 3 rings (SSSR count). The topological polar surface area (TPSA) is 53.3 Å². The second kappa shape index (κ2) is 5.64. The van der Waals surface area contributed by atoms with E-state index in [-0.39, 0.29) is 6.10 Å². The number of ether oxygens (including phenoxy) is 1. The summed E-state index contributed by atoms with van der Waals surface area (Å²) >= 11 is 0. The van der Waals surface area contributed by atoms with E-state index in [9.17, 15) is 10.1 Å². The molecule has 1 saturated heterocycles. The van der Waals surface area contributed by atoms with Crippen LogP contribution in [0, 0.1) is 11.3 Å². The predicted molar refractivity (Wildman–Crippen MR) is 75.9 cm³/mol. The number of aldehydes is 1. The van der Waals surface area contributed by atoms with E-state index < -0.39 is 0 Å². The Labute approximate surface area is 118 Å². The molecule has 2 fully saturated rings. The van der Waals surface area contributed by atoms with Crippen LogP contribution >= 0.6 is 0 Å². The molecular weight excluding hydrogens is 252 g/mol. The number of morpholine rings is 1. The monoisotopic (exact) mass is 270 g/mol. The van der Waals surface area contributed by atoms with Gasteiger partial charge in [0.05, 0.1) is 30.0 Å². The molecule has 1 saturated carbocycles. The fraction of sp³-hybridized carbons (Fsp3) is 0.500. The van der Waals surface area contributed by atoms with Crippen molar-refractivity contribution in [1.29, 1.82) is 5.26 Å². The molecule has 2 atom stereocenters. The highest BCUT2D eigenvalue weighted by Gasteiger charge is 2.35. The molecule has 1 aliphatic carbocycles. The normalized spacial score (nSPS) is 25.6. The van der Waals surface area contributed by atoms with Crippen molar-refractivity contribution in [3.63, 3.8) is 0 Å². The van der Waals surface area contributed by atoms with Gasteiger partial charge in [0.2, 0.25) is 0 Å². The molecular formula is C16H18N2O2. The summed E-state index contributed by atoms with van der Waals surface area (Å²) in [6.07, 6.45) is 5.74. The first-order valence-corrected chi connectivity index (χ1v) is 7.21. The molecule has 0 amide bonds. The molecule has 0 aromatic heterocycles. The van der Waals surface area contributed by atoms with Gasteiger partial charge >= 0.3 is 0 Å². The van der Waals surface area contributed by atoms with Crippen molar-refractivity contribution in [1.82, 2.24) is 0 Å². The molecule has 2 unspecified atom stereocenters. The third-order valence-electron chi connectivity index (χ3n) is 4.32. The van der Waals surface area contributed by atoms with Crippen LogP contribution in [0.1, 0.15) is 41.6 Å².